The van der Waals surface area contributed by atoms with Crippen molar-refractivity contribution in [3.05, 3.63) is 84.0 Å². The molecule has 0 atom stereocenters. The maximum atomic E-state index is 14.5. The number of nitrogens with zero attached hydrogens (tertiary/aromatic N) is 3. The van der Waals surface area contributed by atoms with Crippen LogP contribution in [0.1, 0.15) is 17.4 Å². The third kappa shape index (κ3) is 5.38. The number of hydrogen-bond acceptors (Lipinski definition) is 7. The molecule has 3 aromatic carbocycles. The van der Waals surface area contributed by atoms with Gasteiger partial charge >= 0.3 is 12.5 Å². The Kier molecular flexibility index (Phi) is 6.57. The molecular weight excluding hydrogens is 616 g/mol. The second-order valence-electron chi connectivity index (χ2n) is 9.96. The number of sulfone groups is 1. The van der Waals surface area contributed by atoms with Crippen LogP contribution in [-0.4, -0.2) is 35.5 Å². The topological polar surface area (TPSA) is 96.5 Å². The summed E-state index contributed by atoms with van der Waals surface area (Å²) in [6.07, 6.45) is -6.91. The van der Waals surface area contributed by atoms with Gasteiger partial charge in [-0.1, -0.05) is 6.07 Å². The van der Waals surface area contributed by atoms with E-state index < -0.39 is 33.8 Å². The van der Waals surface area contributed by atoms with E-state index in [4.69, 9.17) is 4.42 Å². The molecule has 1 aliphatic heterocycles. The molecule has 15 heteroatoms. The lowest BCUT2D eigenvalue weighted by molar-refractivity contribution is -0.286. The Balaban J connectivity index is 1.59. The molecule has 0 aliphatic carbocycles. The van der Waals surface area contributed by atoms with Gasteiger partial charge in [-0.25, -0.2) is 22.8 Å². The quantitative estimate of drug-likeness (QED) is 0.186. The Morgan fingerprint density at radius 1 is 0.864 bits per heavy atom. The number of alkyl halides is 5. The number of rotatable bonds is 5. The van der Waals surface area contributed by atoms with E-state index in [1.807, 2.05) is 0 Å². The van der Waals surface area contributed by atoms with Crippen LogP contribution in [0.2, 0.25) is 0 Å². The normalized spacial score (nSPS) is 14.3. The lowest BCUT2D eigenvalue weighted by Gasteiger charge is -2.14. The van der Waals surface area contributed by atoms with Crippen molar-refractivity contribution >= 4 is 9.84 Å². The van der Waals surface area contributed by atoms with Gasteiger partial charge in [0.1, 0.15) is 17.3 Å². The number of aromatic nitrogens is 3. The Bertz CT molecular complexity index is 2070. The smallest absolute Gasteiger partial charge is 0.440 e. The summed E-state index contributed by atoms with van der Waals surface area (Å²) in [6, 6.07) is 11.5. The molecule has 0 saturated heterocycles. The van der Waals surface area contributed by atoms with Crippen molar-refractivity contribution in [1.29, 1.82) is 0 Å². The van der Waals surface area contributed by atoms with Crippen LogP contribution in [0, 0.1) is 19.7 Å². The summed E-state index contributed by atoms with van der Waals surface area (Å²) in [6.45, 7) is 2.87. The standard InChI is InChI=1S/C29H19F6N3O5S/c1-14-36-25(28(31,32)33)13-38(14)22-6-4-16(18-8-19(30)12-20(9-18)44(3,39)40)10-21(22)26-27(41-15(2)37-26)17-5-7-23-24(11-17)43-29(34,35)42-23/h4-13H,1-3H3. The lowest BCUT2D eigenvalue weighted by atomic mass is 9.97. The van der Waals surface area contributed by atoms with E-state index in [0.717, 1.165) is 24.6 Å². The zero-order valence-electron chi connectivity index (χ0n) is 22.8. The second-order valence-corrected chi connectivity index (χ2v) is 12.0. The maximum absolute atomic E-state index is 14.5. The number of fused-ring (bicyclic) bond motifs is 1. The summed E-state index contributed by atoms with van der Waals surface area (Å²) in [7, 11) is -3.80. The van der Waals surface area contributed by atoms with Crippen LogP contribution in [0.15, 0.2) is 70.1 Å². The van der Waals surface area contributed by atoms with Crippen molar-refractivity contribution in [3.63, 3.8) is 0 Å². The zero-order valence-corrected chi connectivity index (χ0v) is 23.6. The van der Waals surface area contributed by atoms with Gasteiger partial charge in [-0.05, 0) is 66.6 Å². The summed E-state index contributed by atoms with van der Waals surface area (Å²) in [4.78, 5) is 7.80. The molecule has 0 N–H and O–H groups in total. The molecule has 8 nitrogen and oxygen atoms in total. The van der Waals surface area contributed by atoms with Crippen LogP contribution < -0.4 is 9.47 Å². The fourth-order valence-corrected chi connectivity index (χ4v) is 5.48. The molecule has 0 radical (unpaired) electrons. The molecule has 1 aliphatic rings. The van der Waals surface area contributed by atoms with Gasteiger partial charge in [0.2, 0.25) is 0 Å². The van der Waals surface area contributed by atoms with Crippen LogP contribution in [0.5, 0.6) is 11.5 Å². The zero-order chi connectivity index (χ0) is 31.8. The number of imidazole rings is 1. The molecule has 44 heavy (non-hydrogen) atoms. The van der Waals surface area contributed by atoms with Crippen molar-refractivity contribution in [3.8, 4) is 50.9 Å². The van der Waals surface area contributed by atoms with Crippen LogP contribution in [0.3, 0.4) is 0 Å². The average molecular weight is 636 g/mol. The van der Waals surface area contributed by atoms with E-state index in [-0.39, 0.29) is 61.9 Å². The fraction of sp³-hybridized carbons (Fsp3) is 0.172. The van der Waals surface area contributed by atoms with E-state index in [1.165, 1.54) is 60.9 Å². The summed E-state index contributed by atoms with van der Waals surface area (Å²) >= 11 is 0. The van der Waals surface area contributed by atoms with Crippen LogP contribution >= 0.6 is 0 Å². The van der Waals surface area contributed by atoms with Gasteiger partial charge in [-0.15, -0.1) is 8.78 Å². The Morgan fingerprint density at radius 2 is 1.57 bits per heavy atom. The number of aryl methyl sites for hydroxylation is 2. The molecule has 0 unspecified atom stereocenters. The maximum Gasteiger partial charge on any atom is 0.586 e. The molecule has 0 amide bonds. The SMILES string of the molecule is Cc1nc(-c2cc(-c3cc(F)cc(S(C)(=O)=O)c3)ccc2-n2cc(C(F)(F)F)nc2C)c(-c2ccc3c(c2)OC(F)(F)O3)o1. The van der Waals surface area contributed by atoms with Gasteiger partial charge < -0.3 is 18.5 Å². The van der Waals surface area contributed by atoms with Crippen molar-refractivity contribution in [1.82, 2.24) is 14.5 Å². The predicted molar refractivity (Wildman–Crippen MR) is 144 cm³/mol. The van der Waals surface area contributed by atoms with Crippen LogP contribution in [0.4, 0.5) is 26.3 Å². The minimum Gasteiger partial charge on any atom is -0.440 e. The van der Waals surface area contributed by atoms with Gasteiger partial charge in [0.25, 0.3) is 0 Å². The van der Waals surface area contributed by atoms with E-state index in [9.17, 15) is 34.8 Å². The Hall–Kier alpha value is -4.79. The Labute approximate surface area is 245 Å². The van der Waals surface area contributed by atoms with Gasteiger partial charge in [0, 0.05) is 30.5 Å². The second kappa shape index (κ2) is 9.87. The first-order valence-electron chi connectivity index (χ1n) is 12.7. The van der Waals surface area contributed by atoms with Crippen molar-refractivity contribution < 1.29 is 48.7 Å². The largest absolute Gasteiger partial charge is 0.586 e. The fourth-order valence-electron chi connectivity index (χ4n) is 4.81. The highest BCUT2D eigenvalue weighted by atomic mass is 32.2. The monoisotopic (exact) mass is 635 g/mol. The van der Waals surface area contributed by atoms with Crippen LogP contribution in [-0.2, 0) is 16.0 Å². The summed E-state index contributed by atoms with van der Waals surface area (Å²) < 4.78 is 123. The minimum absolute atomic E-state index is 0.0245. The number of ether oxygens (including phenoxy) is 2. The van der Waals surface area contributed by atoms with E-state index in [2.05, 4.69) is 19.4 Å². The van der Waals surface area contributed by atoms with Gasteiger partial charge in [0.05, 0.1) is 10.6 Å². The third-order valence-corrected chi connectivity index (χ3v) is 7.81. The lowest BCUT2D eigenvalue weighted by Crippen LogP contribution is -2.25. The minimum atomic E-state index is -4.75. The summed E-state index contributed by atoms with van der Waals surface area (Å²) in [5.41, 5.74) is -0.0527. The summed E-state index contributed by atoms with van der Waals surface area (Å²) in [5, 5.41) is 0. The van der Waals surface area contributed by atoms with E-state index in [0.29, 0.717) is 5.56 Å². The van der Waals surface area contributed by atoms with Gasteiger partial charge in [-0.3, -0.25) is 0 Å². The van der Waals surface area contributed by atoms with Crippen molar-refractivity contribution in [2.45, 2.75) is 31.2 Å². The molecule has 6 rings (SSSR count). The number of oxazole rings is 1. The molecule has 3 heterocycles. The molecule has 0 bridgehead atoms. The first kappa shape index (κ1) is 29.3. The molecule has 0 spiro atoms. The highest BCUT2D eigenvalue weighted by Gasteiger charge is 2.43. The van der Waals surface area contributed by atoms with Crippen LogP contribution in [0.25, 0.3) is 39.4 Å². The van der Waals surface area contributed by atoms with Crippen molar-refractivity contribution in [2.24, 2.45) is 0 Å². The molecule has 0 fully saturated rings. The molecule has 228 valence electrons. The first-order chi connectivity index (χ1) is 20.5. The number of halogens is 6. The average Bonchev–Trinajstić information content (AvgIpc) is 3.59. The highest BCUT2D eigenvalue weighted by molar-refractivity contribution is 7.90. The van der Waals surface area contributed by atoms with Gasteiger partial charge in [0.15, 0.2) is 38.7 Å². The van der Waals surface area contributed by atoms with Gasteiger partial charge in [-0.2, -0.15) is 13.2 Å². The first-order valence-corrected chi connectivity index (χ1v) is 14.5. The summed E-state index contributed by atoms with van der Waals surface area (Å²) in [5.74, 6) is -1.19. The van der Waals surface area contributed by atoms with E-state index >= 15 is 0 Å². The number of hydrogen-bond donors (Lipinski definition) is 0. The van der Waals surface area contributed by atoms with E-state index in [1.54, 1.807) is 0 Å². The molecule has 2 aromatic heterocycles. The van der Waals surface area contributed by atoms with Crippen molar-refractivity contribution in [2.75, 3.05) is 6.26 Å². The highest BCUT2D eigenvalue weighted by Crippen LogP contribution is 2.45. The molecular formula is C29H19F6N3O5S. The molecule has 0 saturated carbocycles. The third-order valence-electron chi connectivity index (χ3n) is 6.71. The molecule has 5 aromatic rings. The number of benzene rings is 3. The predicted octanol–water partition coefficient (Wildman–Crippen LogP) is 7.36. The Morgan fingerprint density at radius 3 is 2.25 bits per heavy atom.